The van der Waals surface area contributed by atoms with E-state index in [4.69, 9.17) is 5.41 Å². The average Bonchev–Trinajstić information content (AvgIpc) is 2.44. The van der Waals surface area contributed by atoms with Gasteiger partial charge in [-0.1, -0.05) is 0 Å². The summed E-state index contributed by atoms with van der Waals surface area (Å²) in [6.07, 6.45) is 7.06. The number of nitrogens with one attached hydrogen (secondary N) is 2. The number of H-pyrrole nitrogens is 1. The van der Waals surface area contributed by atoms with Crippen LogP contribution in [-0.2, 0) is 16.5 Å². The molecule has 0 aromatic carbocycles. The van der Waals surface area contributed by atoms with E-state index in [0.717, 1.165) is 6.21 Å². The second-order valence-electron chi connectivity index (χ2n) is 1.31. The van der Waals surface area contributed by atoms with Gasteiger partial charge >= 0.3 is 0 Å². The molecule has 0 unspecified atom stereocenters. The second-order valence-corrected chi connectivity index (χ2v) is 1.31. The smallest absolute Gasteiger partial charge is 0 e. The maximum Gasteiger partial charge on any atom is 0 e. The van der Waals surface area contributed by atoms with Crippen LogP contribution in [0.2, 0.25) is 0 Å². The molecule has 0 bridgehead atoms. The van der Waals surface area contributed by atoms with Crippen LogP contribution in [-0.4, -0.2) is 11.2 Å². The maximum atomic E-state index is 5.97. The van der Waals surface area contributed by atoms with Crippen LogP contribution in [0.15, 0.2) is 31.0 Å². The van der Waals surface area contributed by atoms with Gasteiger partial charge < -0.3 is 24.7 Å². The van der Waals surface area contributed by atoms with Gasteiger partial charge in [0.2, 0.25) is 0 Å². The summed E-state index contributed by atoms with van der Waals surface area (Å²) in [6.45, 7) is 9.53. The molecule has 80 valence electrons. The van der Waals surface area contributed by atoms with Crippen molar-refractivity contribution in [2.45, 2.75) is 0 Å². The number of hydrogen-bond donors (Lipinski definition) is 2. The monoisotopic (exact) mass is 222 g/mol. The van der Waals surface area contributed by atoms with Crippen LogP contribution < -0.4 is 0 Å². The molecule has 0 amide bonds. The summed E-state index contributed by atoms with van der Waals surface area (Å²) in [4.78, 5) is 2.74. The number of allylic oxidation sites excluding steroid dienone is 1. The maximum absolute atomic E-state index is 5.97. The van der Waals surface area contributed by atoms with Crippen LogP contribution in [0.5, 0.6) is 0 Å². The van der Waals surface area contributed by atoms with Crippen molar-refractivity contribution >= 4 is 6.21 Å². The molecule has 13 heavy (non-hydrogen) atoms. The first-order chi connectivity index (χ1) is 5.33. The van der Waals surface area contributed by atoms with Crippen LogP contribution in [0.25, 0.3) is 0 Å². The quantitative estimate of drug-likeness (QED) is 0.385. The first kappa shape index (κ1) is 22.7. The molecular weight excluding hydrogens is 207 g/mol. The molecule has 0 aliphatic carbocycles. The van der Waals surface area contributed by atoms with E-state index in [1.165, 1.54) is 6.08 Å². The molecule has 0 fully saturated rings. The normalized spacial score (nSPS) is 4.92. The van der Waals surface area contributed by atoms with E-state index in [0.29, 0.717) is 0 Å². The Balaban J connectivity index is -0.0000000461. The summed E-state index contributed by atoms with van der Waals surface area (Å²) < 4.78 is 0. The Bertz CT molecular complexity index is 125. The molecule has 2 N–H and O–H groups in total. The van der Waals surface area contributed by atoms with Crippen molar-refractivity contribution in [3.8, 4) is 0 Å². The number of aromatic amines is 1. The van der Waals surface area contributed by atoms with E-state index in [1.807, 2.05) is 18.3 Å². The summed E-state index contributed by atoms with van der Waals surface area (Å²) in [7, 11) is 0. The second kappa shape index (κ2) is 30.7. The van der Waals surface area contributed by atoms with Gasteiger partial charge in [-0.05, 0) is 0 Å². The summed E-state index contributed by atoms with van der Waals surface area (Å²) in [5.41, 5.74) is 0. The summed E-state index contributed by atoms with van der Waals surface area (Å²) >= 11 is 0. The Kier molecular flexibility index (Phi) is 53.4. The minimum absolute atomic E-state index is 0. The fourth-order valence-corrected chi connectivity index (χ4v) is 0.241. The van der Waals surface area contributed by atoms with Crippen LogP contribution in [0, 0.1) is 32.9 Å². The van der Waals surface area contributed by atoms with Gasteiger partial charge in [0, 0.05) is 16.5 Å². The SMILES string of the molecule is C=C[CH2-].[CH2-]C=N.[CH3-].[Ni].[c-]1ccc[nH]1. The predicted octanol–water partition coefficient (Wildman–Crippen LogP) is 2.74. The molecule has 1 aromatic rings. The third-order valence-corrected chi connectivity index (χ3v) is 0.442. The van der Waals surface area contributed by atoms with E-state index in [1.54, 1.807) is 0 Å². The predicted molar refractivity (Wildman–Crippen MR) is 55.7 cm³/mol. The standard InChI is InChI=1S/C4H4N.C3H5.C2H4N.CH3.Ni/c1-2-4-5-3-1;1-3-2;1-2-3;;/h1-3,5H;3H,1-2H2;2-3H,1H2;1H3;/q4*-1;. The van der Waals surface area contributed by atoms with E-state index >= 15 is 0 Å². The molecule has 1 aromatic heterocycles. The molecule has 0 atom stereocenters. The molecule has 1 heterocycles. The van der Waals surface area contributed by atoms with Crippen molar-refractivity contribution < 1.29 is 16.5 Å². The van der Waals surface area contributed by atoms with Crippen molar-refractivity contribution in [3.05, 3.63) is 58.5 Å². The summed E-state index contributed by atoms with van der Waals surface area (Å²) in [5, 5.41) is 5.97. The fourth-order valence-electron chi connectivity index (χ4n) is 0.241. The topological polar surface area (TPSA) is 39.6 Å². The van der Waals surface area contributed by atoms with Crippen molar-refractivity contribution in [1.29, 1.82) is 5.41 Å². The van der Waals surface area contributed by atoms with Gasteiger partial charge in [-0.25, -0.2) is 19.6 Å². The molecular formula is C10H16N2Ni-4. The number of aromatic nitrogens is 1. The Morgan fingerprint density at radius 3 is 1.92 bits per heavy atom. The van der Waals surface area contributed by atoms with Crippen molar-refractivity contribution in [3.63, 3.8) is 0 Å². The molecule has 0 saturated heterocycles. The fraction of sp³-hybridized carbons (Fsp3) is 0. The van der Waals surface area contributed by atoms with Gasteiger partial charge in [-0.15, -0.1) is 12.4 Å². The van der Waals surface area contributed by atoms with Gasteiger partial charge in [0.25, 0.3) is 0 Å². The Hall–Kier alpha value is -1.08. The van der Waals surface area contributed by atoms with Gasteiger partial charge in [0.15, 0.2) is 0 Å². The molecule has 2 nitrogen and oxygen atoms in total. The molecule has 0 aliphatic heterocycles. The van der Waals surface area contributed by atoms with E-state index < -0.39 is 0 Å². The zero-order chi connectivity index (χ0) is 8.95. The third kappa shape index (κ3) is 56.5. The molecule has 3 heteroatoms. The van der Waals surface area contributed by atoms with Crippen LogP contribution in [0.4, 0.5) is 0 Å². The molecule has 0 spiro atoms. The van der Waals surface area contributed by atoms with Gasteiger partial charge in [0.05, 0.1) is 0 Å². The zero-order valence-electron chi connectivity index (χ0n) is 7.82. The van der Waals surface area contributed by atoms with E-state index in [2.05, 4.69) is 31.6 Å². The van der Waals surface area contributed by atoms with Crippen molar-refractivity contribution in [2.75, 3.05) is 0 Å². The summed E-state index contributed by atoms with van der Waals surface area (Å²) in [6, 6.07) is 3.71. The minimum Gasteiger partial charge on any atom is -0.484 e. The van der Waals surface area contributed by atoms with Crippen LogP contribution >= 0.6 is 0 Å². The Morgan fingerprint density at radius 2 is 1.85 bits per heavy atom. The molecule has 0 radical (unpaired) electrons. The minimum atomic E-state index is 0. The Morgan fingerprint density at radius 1 is 1.46 bits per heavy atom. The van der Waals surface area contributed by atoms with Crippen molar-refractivity contribution in [2.24, 2.45) is 0 Å². The first-order valence-electron chi connectivity index (χ1n) is 3.01. The first-order valence-corrected chi connectivity index (χ1v) is 3.01. The molecule has 1 rings (SSSR count). The number of hydrogen-bond acceptors (Lipinski definition) is 1. The molecule has 0 saturated carbocycles. The largest absolute Gasteiger partial charge is 0.484 e. The van der Waals surface area contributed by atoms with E-state index in [-0.39, 0.29) is 23.9 Å². The number of rotatable bonds is 0. The van der Waals surface area contributed by atoms with Crippen LogP contribution in [0.3, 0.4) is 0 Å². The summed E-state index contributed by atoms with van der Waals surface area (Å²) in [5.74, 6) is 0. The van der Waals surface area contributed by atoms with Gasteiger partial charge in [-0.2, -0.15) is 18.3 Å². The van der Waals surface area contributed by atoms with Crippen molar-refractivity contribution in [1.82, 2.24) is 4.98 Å². The van der Waals surface area contributed by atoms with Gasteiger partial charge in [-0.3, -0.25) is 0 Å². The third-order valence-electron chi connectivity index (χ3n) is 0.442. The molecule has 0 aliphatic rings. The Labute approximate surface area is 91.9 Å². The van der Waals surface area contributed by atoms with Gasteiger partial charge in [0.1, 0.15) is 0 Å². The van der Waals surface area contributed by atoms with Crippen LogP contribution in [0.1, 0.15) is 0 Å². The van der Waals surface area contributed by atoms with E-state index in [9.17, 15) is 0 Å². The zero-order valence-corrected chi connectivity index (χ0v) is 8.81. The average molecular weight is 223 g/mol.